The lowest BCUT2D eigenvalue weighted by molar-refractivity contribution is -0.895. The first-order valence-corrected chi connectivity index (χ1v) is 11.4. The van der Waals surface area contributed by atoms with Crippen LogP contribution in [-0.2, 0) is 21.2 Å². The van der Waals surface area contributed by atoms with Crippen molar-refractivity contribution in [1.82, 2.24) is 9.62 Å². The fourth-order valence-corrected chi connectivity index (χ4v) is 4.63. The molecule has 1 aromatic rings. The molecule has 2 N–H and O–H groups in total. The third-order valence-corrected chi connectivity index (χ3v) is 7.24. The van der Waals surface area contributed by atoms with Crippen LogP contribution < -0.4 is 10.2 Å². The van der Waals surface area contributed by atoms with Crippen LogP contribution in [0.4, 0.5) is 0 Å². The Bertz CT molecular complexity index is 708. The van der Waals surface area contributed by atoms with Gasteiger partial charge in [0.25, 0.3) is 5.91 Å². The second-order valence-electron chi connectivity index (χ2n) is 7.83. The van der Waals surface area contributed by atoms with Crippen LogP contribution in [0.5, 0.6) is 0 Å². The molecule has 0 bridgehead atoms. The van der Waals surface area contributed by atoms with Crippen molar-refractivity contribution in [2.75, 3.05) is 32.7 Å². The van der Waals surface area contributed by atoms with Crippen LogP contribution in [0.1, 0.15) is 39.7 Å². The molecule has 0 spiro atoms. The van der Waals surface area contributed by atoms with E-state index in [-0.39, 0.29) is 11.9 Å². The van der Waals surface area contributed by atoms with Crippen molar-refractivity contribution in [3.8, 4) is 0 Å². The van der Waals surface area contributed by atoms with Gasteiger partial charge in [-0.3, -0.25) is 4.79 Å². The molecule has 1 aromatic carbocycles. The monoisotopic (exact) mass is 396 g/mol. The quantitative estimate of drug-likeness (QED) is 0.679. The van der Waals surface area contributed by atoms with Gasteiger partial charge in [-0.1, -0.05) is 39.3 Å². The van der Waals surface area contributed by atoms with Crippen molar-refractivity contribution in [2.45, 2.75) is 51.5 Å². The molecule has 1 fully saturated rings. The summed E-state index contributed by atoms with van der Waals surface area (Å²) in [4.78, 5) is 13.6. The number of amides is 1. The summed E-state index contributed by atoms with van der Waals surface area (Å²) in [5.74, 6) is 0.434. The maximum Gasteiger partial charge on any atom is 0.275 e. The van der Waals surface area contributed by atoms with E-state index < -0.39 is 10.0 Å². The Kier molecular flexibility index (Phi) is 7.82. The average Bonchev–Trinajstić information content (AvgIpc) is 2.62. The van der Waals surface area contributed by atoms with E-state index in [1.165, 1.54) is 0 Å². The van der Waals surface area contributed by atoms with Crippen LogP contribution in [0.25, 0.3) is 0 Å². The SMILES string of the molecule is CCCc1ccc(S(=O)(=O)N2CC[NH+](CC(=O)N[C@@H](C)C(C)C)CC2)cc1. The average molecular weight is 397 g/mol. The number of hydrogen-bond acceptors (Lipinski definition) is 3. The van der Waals surface area contributed by atoms with Crippen LogP contribution in [0.15, 0.2) is 29.2 Å². The number of carbonyl (C=O) groups excluding carboxylic acids is 1. The lowest BCUT2D eigenvalue weighted by Gasteiger charge is -2.31. The molecule has 1 aliphatic heterocycles. The van der Waals surface area contributed by atoms with Gasteiger partial charge in [-0.2, -0.15) is 4.31 Å². The smallest absolute Gasteiger partial charge is 0.275 e. The van der Waals surface area contributed by atoms with Gasteiger partial charge in [-0.15, -0.1) is 0 Å². The van der Waals surface area contributed by atoms with E-state index >= 15 is 0 Å². The summed E-state index contributed by atoms with van der Waals surface area (Å²) in [6.07, 6.45) is 2.00. The number of carbonyl (C=O) groups is 1. The molecule has 1 atom stereocenters. The highest BCUT2D eigenvalue weighted by molar-refractivity contribution is 7.89. The minimum Gasteiger partial charge on any atom is -0.348 e. The van der Waals surface area contributed by atoms with E-state index in [4.69, 9.17) is 0 Å². The molecule has 6 nitrogen and oxygen atoms in total. The summed E-state index contributed by atoms with van der Waals surface area (Å²) < 4.78 is 27.2. The zero-order chi connectivity index (χ0) is 20.0. The largest absolute Gasteiger partial charge is 0.348 e. The van der Waals surface area contributed by atoms with Crippen molar-refractivity contribution in [3.05, 3.63) is 29.8 Å². The van der Waals surface area contributed by atoms with E-state index in [1.807, 2.05) is 19.1 Å². The third-order valence-electron chi connectivity index (χ3n) is 5.33. The Hall–Kier alpha value is -1.44. The first-order chi connectivity index (χ1) is 12.7. The van der Waals surface area contributed by atoms with Crippen molar-refractivity contribution < 1.29 is 18.1 Å². The summed E-state index contributed by atoms with van der Waals surface area (Å²) in [5.41, 5.74) is 1.16. The molecule has 2 rings (SSSR count). The number of sulfonamides is 1. The first kappa shape index (κ1) is 21.9. The standard InChI is InChI=1S/C20H33N3O3S/c1-5-6-18-7-9-19(10-8-18)27(25,26)23-13-11-22(12-14-23)15-20(24)21-17(4)16(2)3/h7-10,16-17H,5-6,11-15H2,1-4H3,(H,21,24)/p+1/t17-/m0/s1. The number of aryl methyl sites for hydroxylation is 1. The normalized spacial score (nSPS) is 17.8. The van der Waals surface area contributed by atoms with E-state index in [0.717, 1.165) is 23.3 Å². The topological polar surface area (TPSA) is 70.9 Å². The summed E-state index contributed by atoms with van der Waals surface area (Å²) in [6.45, 7) is 10.9. The lowest BCUT2D eigenvalue weighted by Crippen LogP contribution is -3.15. The van der Waals surface area contributed by atoms with Gasteiger partial charge in [-0.25, -0.2) is 8.42 Å². The van der Waals surface area contributed by atoms with E-state index in [0.29, 0.717) is 43.5 Å². The van der Waals surface area contributed by atoms with E-state index in [1.54, 1.807) is 16.4 Å². The molecule has 0 saturated carbocycles. The number of nitrogens with one attached hydrogen (secondary N) is 2. The lowest BCUT2D eigenvalue weighted by atomic mass is 10.1. The molecule has 0 unspecified atom stereocenters. The predicted molar refractivity (Wildman–Crippen MR) is 107 cm³/mol. The Labute approximate surface area is 164 Å². The summed E-state index contributed by atoms with van der Waals surface area (Å²) in [5, 5.41) is 3.02. The zero-order valence-corrected chi connectivity index (χ0v) is 17.8. The van der Waals surface area contributed by atoms with Gasteiger partial charge >= 0.3 is 0 Å². The van der Waals surface area contributed by atoms with E-state index in [2.05, 4.69) is 26.1 Å². The molecule has 152 valence electrons. The van der Waals surface area contributed by atoms with Crippen LogP contribution in [0.2, 0.25) is 0 Å². The Morgan fingerprint density at radius 2 is 1.74 bits per heavy atom. The summed E-state index contributed by atoms with van der Waals surface area (Å²) in [7, 11) is -3.46. The number of nitrogens with zero attached hydrogens (tertiary/aromatic N) is 1. The van der Waals surface area contributed by atoms with Crippen LogP contribution in [0.3, 0.4) is 0 Å². The molecule has 1 aliphatic rings. The molecule has 1 amide bonds. The number of hydrogen-bond donors (Lipinski definition) is 2. The molecule has 0 aliphatic carbocycles. The van der Waals surface area contributed by atoms with Crippen molar-refractivity contribution in [1.29, 1.82) is 0 Å². The molecule has 1 heterocycles. The van der Waals surface area contributed by atoms with Gasteiger partial charge in [0.2, 0.25) is 10.0 Å². The molecule has 0 radical (unpaired) electrons. The zero-order valence-electron chi connectivity index (χ0n) is 17.0. The Morgan fingerprint density at radius 3 is 2.26 bits per heavy atom. The van der Waals surface area contributed by atoms with Crippen molar-refractivity contribution in [2.24, 2.45) is 5.92 Å². The van der Waals surface area contributed by atoms with E-state index in [9.17, 15) is 13.2 Å². The van der Waals surface area contributed by atoms with Crippen LogP contribution in [0, 0.1) is 5.92 Å². The van der Waals surface area contributed by atoms with Gasteiger partial charge in [-0.05, 0) is 37.0 Å². The molecule has 27 heavy (non-hydrogen) atoms. The van der Waals surface area contributed by atoms with Gasteiger partial charge in [0, 0.05) is 6.04 Å². The molecule has 0 aromatic heterocycles. The van der Waals surface area contributed by atoms with Gasteiger partial charge in [0.1, 0.15) is 0 Å². The first-order valence-electron chi connectivity index (χ1n) is 9.96. The Balaban J connectivity index is 1.89. The third kappa shape index (κ3) is 6.02. The predicted octanol–water partition coefficient (Wildman–Crippen LogP) is 0.689. The number of quaternary nitrogens is 1. The molecular weight excluding hydrogens is 362 g/mol. The fourth-order valence-electron chi connectivity index (χ4n) is 3.18. The van der Waals surface area contributed by atoms with Crippen LogP contribution >= 0.6 is 0 Å². The van der Waals surface area contributed by atoms with Gasteiger partial charge in [0.15, 0.2) is 6.54 Å². The van der Waals surface area contributed by atoms with Crippen LogP contribution in [-0.4, -0.2) is 57.4 Å². The minimum atomic E-state index is -3.46. The maximum atomic E-state index is 12.8. The summed E-state index contributed by atoms with van der Waals surface area (Å²) >= 11 is 0. The van der Waals surface area contributed by atoms with Crippen molar-refractivity contribution >= 4 is 15.9 Å². The number of piperazine rings is 1. The fraction of sp³-hybridized carbons (Fsp3) is 0.650. The highest BCUT2D eigenvalue weighted by Crippen LogP contribution is 2.17. The van der Waals surface area contributed by atoms with Gasteiger partial charge in [0.05, 0.1) is 31.1 Å². The van der Waals surface area contributed by atoms with Crippen molar-refractivity contribution in [3.63, 3.8) is 0 Å². The second kappa shape index (κ2) is 9.66. The molecular formula is C20H34N3O3S+. The maximum absolute atomic E-state index is 12.8. The number of rotatable bonds is 8. The second-order valence-corrected chi connectivity index (χ2v) is 9.76. The van der Waals surface area contributed by atoms with Gasteiger partial charge < -0.3 is 10.2 Å². The Morgan fingerprint density at radius 1 is 1.15 bits per heavy atom. The highest BCUT2D eigenvalue weighted by Gasteiger charge is 2.31. The molecule has 7 heteroatoms. The highest BCUT2D eigenvalue weighted by atomic mass is 32.2. The minimum absolute atomic E-state index is 0.0361. The summed E-state index contributed by atoms with van der Waals surface area (Å²) in [6, 6.07) is 7.37. The molecule has 1 saturated heterocycles. The number of benzene rings is 1.